The molecule has 19 heavy (non-hydrogen) atoms. The first-order chi connectivity index (χ1) is 9.13. The molecule has 0 atom stereocenters. The van der Waals surface area contributed by atoms with Crippen LogP contribution in [0.3, 0.4) is 0 Å². The third-order valence-electron chi connectivity index (χ3n) is 3.19. The zero-order valence-electron chi connectivity index (χ0n) is 10.6. The summed E-state index contributed by atoms with van der Waals surface area (Å²) in [5, 5.41) is 3.61. The van der Waals surface area contributed by atoms with E-state index < -0.39 is 0 Å². The molecule has 0 bridgehead atoms. The van der Waals surface area contributed by atoms with Crippen molar-refractivity contribution in [2.45, 2.75) is 36.6 Å². The van der Waals surface area contributed by atoms with Gasteiger partial charge >= 0.3 is 0 Å². The molecule has 1 aliphatic rings. The van der Waals surface area contributed by atoms with Crippen molar-refractivity contribution in [3.05, 3.63) is 29.3 Å². The zero-order chi connectivity index (χ0) is 13.7. The van der Waals surface area contributed by atoms with Crippen LogP contribution in [0, 0.1) is 0 Å². The Morgan fingerprint density at radius 2 is 2.11 bits per heavy atom. The van der Waals surface area contributed by atoms with E-state index >= 15 is 0 Å². The molecule has 1 N–H and O–H groups in total. The molecule has 1 fully saturated rings. The molecule has 3 nitrogen and oxygen atoms in total. The van der Waals surface area contributed by atoms with Crippen LogP contribution in [0.4, 0.5) is 0 Å². The first-order valence-corrected chi connectivity index (χ1v) is 7.74. The lowest BCUT2D eigenvalue weighted by molar-refractivity contribution is -0.124. The highest BCUT2D eigenvalue weighted by atomic mass is 79.9. The van der Waals surface area contributed by atoms with Gasteiger partial charge in [-0.2, -0.15) is 0 Å². The Bertz CT molecular complexity index is 433. The molecule has 1 saturated carbocycles. The number of hydrogen-bond donors (Lipinski definition) is 1. The quantitative estimate of drug-likeness (QED) is 0.847. The molecule has 5 heteroatoms. The second-order valence-corrected chi connectivity index (χ2v) is 6.49. The van der Waals surface area contributed by atoms with E-state index in [1.165, 1.54) is 0 Å². The van der Waals surface area contributed by atoms with Crippen LogP contribution in [0.15, 0.2) is 24.3 Å². The second kappa shape index (κ2) is 7.15. The number of rotatable bonds is 4. The van der Waals surface area contributed by atoms with Crippen molar-refractivity contribution in [2.75, 3.05) is 6.61 Å². The van der Waals surface area contributed by atoms with Crippen LogP contribution in [0.5, 0.6) is 5.75 Å². The molecule has 0 aliphatic heterocycles. The van der Waals surface area contributed by atoms with Gasteiger partial charge < -0.3 is 10.1 Å². The fraction of sp³-hybridized carbons (Fsp3) is 0.500. The van der Waals surface area contributed by atoms with Gasteiger partial charge in [-0.05, 0) is 43.9 Å². The van der Waals surface area contributed by atoms with Crippen molar-refractivity contribution >= 4 is 33.4 Å². The van der Waals surface area contributed by atoms with E-state index in [0.29, 0.717) is 15.6 Å². The predicted octanol–water partition coefficient (Wildman–Crippen LogP) is 3.54. The smallest absolute Gasteiger partial charge is 0.258 e. The summed E-state index contributed by atoms with van der Waals surface area (Å²) in [6.45, 7) is 0.0363. The number of nitrogens with one attached hydrogen (secondary N) is 1. The highest BCUT2D eigenvalue weighted by molar-refractivity contribution is 9.09. The minimum atomic E-state index is -0.0713. The zero-order valence-corrected chi connectivity index (χ0v) is 12.9. The lowest BCUT2D eigenvalue weighted by atomic mass is 9.95. The number of benzene rings is 1. The summed E-state index contributed by atoms with van der Waals surface area (Å²) in [5.41, 5.74) is 0. The number of alkyl halides is 1. The minimum absolute atomic E-state index is 0.0363. The Hall–Kier alpha value is -0.740. The molecule has 0 radical (unpaired) electrons. The molecule has 2 rings (SSSR count). The summed E-state index contributed by atoms with van der Waals surface area (Å²) in [6, 6.07) is 7.34. The maximum absolute atomic E-state index is 11.8. The molecule has 0 saturated heterocycles. The lowest BCUT2D eigenvalue weighted by Gasteiger charge is -2.25. The van der Waals surface area contributed by atoms with Crippen molar-refractivity contribution < 1.29 is 9.53 Å². The Morgan fingerprint density at radius 1 is 1.37 bits per heavy atom. The Kier molecular flexibility index (Phi) is 5.52. The first-order valence-electron chi connectivity index (χ1n) is 6.45. The van der Waals surface area contributed by atoms with Gasteiger partial charge in [-0.1, -0.05) is 33.6 Å². The van der Waals surface area contributed by atoms with Gasteiger partial charge in [0, 0.05) is 15.9 Å². The topological polar surface area (TPSA) is 38.3 Å². The summed E-state index contributed by atoms with van der Waals surface area (Å²) in [4.78, 5) is 12.4. The number of carbonyl (C=O) groups excluding carboxylic acids is 1. The maximum atomic E-state index is 11.8. The van der Waals surface area contributed by atoms with Crippen LogP contribution < -0.4 is 10.1 Å². The van der Waals surface area contributed by atoms with Gasteiger partial charge in [-0.3, -0.25) is 4.79 Å². The fourth-order valence-electron chi connectivity index (χ4n) is 2.17. The molecular weight excluding hydrogens is 330 g/mol. The molecule has 0 spiro atoms. The summed E-state index contributed by atoms with van der Waals surface area (Å²) in [5.74, 6) is 0.546. The Labute approximate surface area is 126 Å². The average molecular weight is 347 g/mol. The molecule has 0 heterocycles. The minimum Gasteiger partial charge on any atom is -0.484 e. The standard InChI is InChI=1S/C14H17BrClNO2/c15-10-4-6-12(7-5-10)17-14(18)9-19-13-3-1-2-11(16)8-13/h1-3,8,10,12H,4-7,9H2,(H,17,18). The highest BCUT2D eigenvalue weighted by Gasteiger charge is 2.20. The SMILES string of the molecule is O=C(COc1cccc(Cl)c1)NC1CCC(Br)CC1. The van der Waals surface area contributed by atoms with E-state index in [1.807, 2.05) is 0 Å². The maximum Gasteiger partial charge on any atom is 0.258 e. The van der Waals surface area contributed by atoms with Gasteiger partial charge in [-0.15, -0.1) is 0 Å². The Morgan fingerprint density at radius 3 is 2.79 bits per heavy atom. The number of halogens is 2. The van der Waals surface area contributed by atoms with E-state index in [2.05, 4.69) is 21.2 Å². The van der Waals surface area contributed by atoms with Crippen LogP contribution in [-0.4, -0.2) is 23.4 Å². The summed E-state index contributed by atoms with van der Waals surface area (Å²) >= 11 is 9.44. The molecule has 0 aromatic heterocycles. The second-order valence-electron chi connectivity index (χ2n) is 4.76. The first kappa shape index (κ1) is 14.7. The van der Waals surface area contributed by atoms with Crippen molar-refractivity contribution in [1.82, 2.24) is 5.32 Å². The molecule has 0 unspecified atom stereocenters. The normalized spacial score (nSPS) is 22.8. The van der Waals surface area contributed by atoms with E-state index in [-0.39, 0.29) is 18.6 Å². The van der Waals surface area contributed by atoms with Crippen LogP contribution in [-0.2, 0) is 4.79 Å². The van der Waals surface area contributed by atoms with Gasteiger partial charge in [0.05, 0.1) is 0 Å². The van der Waals surface area contributed by atoms with Gasteiger partial charge in [0.1, 0.15) is 5.75 Å². The van der Waals surface area contributed by atoms with Gasteiger partial charge in [0.15, 0.2) is 6.61 Å². The van der Waals surface area contributed by atoms with Crippen LogP contribution >= 0.6 is 27.5 Å². The number of carbonyl (C=O) groups is 1. The average Bonchev–Trinajstić information content (AvgIpc) is 2.39. The highest BCUT2D eigenvalue weighted by Crippen LogP contribution is 2.24. The number of ether oxygens (including phenoxy) is 1. The molecule has 1 aromatic carbocycles. The van der Waals surface area contributed by atoms with E-state index in [0.717, 1.165) is 25.7 Å². The lowest BCUT2D eigenvalue weighted by Crippen LogP contribution is -2.40. The van der Waals surface area contributed by atoms with Crippen LogP contribution in [0.25, 0.3) is 0 Å². The molecule has 1 aliphatic carbocycles. The Balaban J connectivity index is 1.73. The van der Waals surface area contributed by atoms with Crippen LogP contribution in [0.1, 0.15) is 25.7 Å². The van der Waals surface area contributed by atoms with Gasteiger partial charge in [0.2, 0.25) is 0 Å². The molecular formula is C14H17BrClNO2. The summed E-state index contributed by atoms with van der Waals surface area (Å²) < 4.78 is 5.41. The molecule has 1 aromatic rings. The molecule has 1 amide bonds. The third kappa shape index (κ3) is 5.03. The summed E-state index contributed by atoms with van der Waals surface area (Å²) in [7, 11) is 0. The summed E-state index contributed by atoms with van der Waals surface area (Å²) in [6.07, 6.45) is 4.28. The van der Waals surface area contributed by atoms with Crippen LogP contribution in [0.2, 0.25) is 5.02 Å². The van der Waals surface area contributed by atoms with E-state index in [4.69, 9.17) is 16.3 Å². The van der Waals surface area contributed by atoms with E-state index in [1.54, 1.807) is 24.3 Å². The predicted molar refractivity (Wildman–Crippen MR) is 80.1 cm³/mol. The number of hydrogen-bond acceptors (Lipinski definition) is 2. The van der Waals surface area contributed by atoms with Crippen molar-refractivity contribution in [1.29, 1.82) is 0 Å². The third-order valence-corrected chi connectivity index (χ3v) is 4.34. The van der Waals surface area contributed by atoms with Crippen molar-refractivity contribution in [3.8, 4) is 5.75 Å². The monoisotopic (exact) mass is 345 g/mol. The van der Waals surface area contributed by atoms with E-state index in [9.17, 15) is 4.79 Å². The fourth-order valence-corrected chi connectivity index (χ4v) is 2.88. The molecule has 104 valence electrons. The van der Waals surface area contributed by atoms with Gasteiger partial charge in [-0.25, -0.2) is 0 Å². The largest absolute Gasteiger partial charge is 0.484 e. The van der Waals surface area contributed by atoms with Gasteiger partial charge in [0.25, 0.3) is 5.91 Å². The number of amides is 1. The van der Waals surface area contributed by atoms with Crippen molar-refractivity contribution in [2.24, 2.45) is 0 Å². The van der Waals surface area contributed by atoms with Crippen molar-refractivity contribution in [3.63, 3.8) is 0 Å².